The highest BCUT2D eigenvalue weighted by Gasteiger charge is 2.04. The summed E-state index contributed by atoms with van der Waals surface area (Å²) in [7, 11) is 0. The van der Waals surface area contributed by atoms with Gasteiger partial charge in [-0.1, -0.05) is 12.1 Å². The molecule has 18 heavy (non-hydrogen) atoms. The average molecular weight is 348 g/mol. The van der Waals surface area contributed by atoms with Gasteiger partial charge in [-0.3, -0.25) is 4.98 Å². The molecule has 0 bridgehead atoms. The molecular formula is C13H9IN4. The molecule has 3 rings (SSSR count). The Labute approximate surface area is 118 Å². The zero-order chi connectivity index (χ0) is 12.4. The monoisotopic (exact) mass is 348 g/mol. The topological polar surface area (TPSA) is 50.7 Å². The Bertz CT molecular complexity index is 694. The smallest absolute Gasteiger partial charge is 0.147 e. The summed E-state index contributed by atoms with van der Waals surface area (Å²) in [5, 5.41) is 5.56. The van der Waals surface area contributed by atoms with Gasteiger partial charge in [-0.25, -0.2) is 9.97 Å². The van der Waals surface area contributed by atoms with E-state index in [1.807, 2.05) is 30.5 Å². The lowest BCUT2D eigenvalue weighted by Crippen LogP contribution is -1.97. The number of benzene rings is 1. The first-order valence-electron chi connectivity index (χ1n) is 5.40. The van der Waals surface area contributed by atoms with E-state index < -0.39 is 0 Å². The van der Waals surface area contributed by atoms with Crippen LogP contribution in [0.25, 0.3) is 10.8 Å². The lowest BCUT2D eigenvalue weighted by atomic mass is 10.1. The Balaban J connectivity index is 2.08. The van der Waals surface area contributed by atoms with Crippen molar-refractivity contribution in [2.45, 2.75) is 0 Å². The molecule has 5 heteroatoms. The summed E-state index contributed by atoms with van der Waals surface area (Å²) in [6.07, 6.45) is 6.96. The molecule has 0 radical (unpaired) electrons. The van der Waals surface area contributed by atoms with E-state index in [2.05, 4.69) is 42.9 Å². The van der Waals surface area contributed by atoms with Crippen LogP contribution in [0.15, 0.2) is 49.2 Å². The molecule has 1 N–H and O–H groups in total. The molecule has 0 spiro atoms. The van der Waals surface area contributed by atoms with Crippen molar-refractivity contribution in [3.05, 3.63) is 52.8 Å². The van der Waals surface area contributed by atoms with Gasteiger partial charge in [-0.2, -0.15) is 0 Å². The number of nitrogens with one attached hydrogen (secondary N) is 1. The number of pyridine rings is 1. The van der Waals surface area contributed by atoms with Crippen LogP contribution < -0.4 is 5.32 Å². The van der Waals surface area contributed by atoms with Gasteiger partial charge in [-0.05, 0) is 34.7 Å². The van der Waals surface area contributed by atoms with E-state index in [1.54, 1.807) is 12.4 Å². The largest absolute Gasteiger partial charge is 0.339 e. The van der Waals surface area contributed by atoms with Crippen LogP contribution in [-0.4, -0.2) is 15.0 Å². The molecule has 2 aromatic heterocycles. The number of halogens is 1. The summed E-state index contributed by atoms with van der Waals surface area (Å²) >= 11 is 2.21. The van der Waals surface area contributed by atoms with Crippen molar-refractivity contribution in [1.29, 1.82) is 0 Å². The summed E-state index contributed by atoms with van der Waals surface area (Å²) in [5.74, 6) is 0.815. The molecule has 0 saturated heterocycles. The van der Waals surface area contributed by atoms with Crippen LogP contribution >= 0.6 is 22.6 Å². The predicted octanol–water partition coefficient (Wildman–Crippen LogP) is 3.37. The third kappa shape index (κ3) is 2.13. The second-order valence-electron chi connectivity index (χ2n) is 3.75. The first-order chi connectivity index (χ1) is 8.84. The molecule has 0 saturated carbocycles. The number of nitrogens with zero attached hydrogens (tertiary/aromatic N) is 3. The predicted molar refractivity (Wildman–Crippen MR) is 79.8 cm³/mol. The molecule has 3 aromatic rings. The Hall–Kier alpha value is -1.76. The number of anilines is 2. The number of rotatable bonds is 2. The maximum atomic E-state index is 4.24. The number of hydrogen-bond donors (Lipinski definition) is 1. The van der Waals surface area contributed by atoms with E-state index in [0.29, 0.717) is 0 Å². The van der Waals surface area contributed by atoms with Crippen molar-refractivity contribution in [3.8, 4) is 0 Å². The first kappa shape index (κ1) is 11.3. The van der Waals surface area contributed by atoms with Gasteiger partial charge in [0.15, 0.2) is 0 Å². The second kappa shape index (κ2) is 4.85. The molecule has 0 atom stereocenters. The maximum Gasteiger partial charge on any atom is 0.147 e. The van der Waals surface area contributed by atoms with Crippen LogP contribution in [0.5, 0.6) is 0 Å². The molecule has 0 fully saturated rings. The van der Waals surface area contributed by atoms with Gasteiger partial charge in [0.25, 0.3) is 0 Å². The molecular weight excluding hydrogens is 339 g/mol. The highest BCUT2D eigenvalue weighted by Crippen LogP contribution is 2.26. The molecule has 0 unspecified atom stereocenters. The third-order valence-electron chi connectivity index (χ3n) is 2.60. The van der Waals surface area contributed by atoms with Gasteiger partial charge < -0.3 is 5.32 Å². The minimum atomic E-state index is 0.815. The number of fused-ring (bicyclic) bond motifs is 1. The highest BCUT2D eigenvalue weighted by atomic mass is 127. The van der Waals surface area contributed by atoms with Gasteiger partial charge in [0.05, 0.1) is 3.57 Å². The van der Waals surface area contributed by atoms with E-state index >= 15 is 0 Å². The molecule has 0 aliphatic carbocycles. The van der Waals surface area contributed by atoms with Crippen molar-refractivity contribution in [2.24, 2.45) is 0 Å². The fraction of sp³-hybridized carbons (Fsp3) is 0. The summed E-state index contributed by atoms with van der Waals surface area (Å²) < 4.78 is 0.987. The van der Waals surface area contributed by atoms with E-state index in [4.69, 9.17) is 0 Å². The normalized spacial score (nSPS) is 10.5. The molecule has 0 aliphatic heterocycles. The van der Waals surface area contributed by atoms with Crippen LogP contribution in [0.2, 0.25) is 0 Å². The van der Waals surface area contributed by atoms with E-state index in [1.165, 1.54) is 6.33 Å². The maximum absolute atomic E-state index is 4.24. The molecule has 0 aliphatic rings. The second-order valence-corrected chi connectivity index (χ2v) is 4.91. The summed E-state index contributed by atoms with van der Waals surface area (Å²) in [5.41, 5.74) is 1.02. The van der Waals surface area contributed by atoms with Gasteiger partial charge in [0.1, 0.15) is 12.1 Å². The number of hydrogen-bond acceptors (Lipinski definition) is 4. The molecule has 2 heterocycles. The van der Waals surface area contributed by atoms with Gasteiger partial charge >= 0.3 is 0 Å². The van der Waals surface area contributed by atoms with Gasteiger partial charge in [-0.15, -0.1) is 0 Å². The zero-order valence-corrected chi connectivity index (χ0v) is 11.5. The fourth-order valence-electron chi connectivity index (χ4n) is 1.76. The van der Waals surface area contributed by atoms with Crippen molar-refractivity contribution in [3.63, 3.8) is 0 Å². The summed E-state index contributed by atoms with van der Waals surface area (Å²) in [6, 6.07) is 8.06. The molecule has 88 valence electrons. The minimum absolute atomic E-state index is 0.815. The summed E-state index contributed by atoms with van der Waals surface area (Å²) in [6.45, 7) is 0. The fourth-order valence-corrected chi connectivity index (χ4v) is 2.20. The lowest BCUT2D eigenvalue weighted by Gasteiger charge is -2.09. The van der Waals surface area contributed by atoms with Crippen LogP contribution in [0.3, 0.4) is 0 Å². The van der Waals surface area contributed by atoms with Crippen molar-refractivity contribution < 1.29 is 0 Å². The van der Waals surface area contributed by atoms with E-state index in [9.17, 15) is 0 Å². The van der Waals surface area contributed by atoms with Crippen molar-refractivity contribution in [2.75, 3.05) is 5.32 Å². The van der Waals surface area contributed by atoms with Crippen molar-refractivity contribution in [1.82, 2.24) is 15.0 Å². The SMILES string of the molecule is Ic1cncnc1Nc1cccc2cnccc12. The Kier molecular flexibility index (Phi) is 3.06. The van der Waals surface area contributed by atoms with Crippen LogP contribution in [0.1, 0.15) is 0 Å². The Morgan fingerprint density at radius 2 is 2.00 bits per heavy atom. The van der Waals surface area contributed by atoms with E-state index in [-0.39, 0.29) is 0 Å². The van der Waals surface area contributed by atoms with Crippen LogP contribution in [0.4, 0.5) is 11.5 Å². The first-order valence-corrected chi connectivity index (χ1v) is 6.48. The van der Waals surface area contributed by atoms with Crippen LogP contribution in [-0.2, 0) is 0 Å². The van der Waals surface area contributed by atoms with E-state index in [0.717, 1.165) is 25.8 Å². The standard InChI is InChI=1S/C13H9IN4/c14-11-7-16-8-17-13(11)18-12-3-1-2-9-6-15-5-4-10(9)12/h1-8H,(H,16,17,18). The molecule has 4 nitrogen and oxygen atoms in total. The number of aromatic nitrogens is 3. The highest BCUT2D eigenvalue weighted by molar-refractivity contribution is 14.1. The molecule has 1 aromatic carbocycles. The Morgan fingerprint density at radius 3 is 2.89 bits per heavy atom. The van der Waals surface area contributed by atoms with Gasteiger partial charge in [0, 0.05) is 35.1 Å². The third-order valence-corrected chi connectivity index (χ3v) is 3.39. The quantitative estimate of drug-likeness (QED) is 0.722. The van der Waals surface area contributed by atoms with Gasteiger partial charge in [0.2, 0.25) is 0 Å². The average Bonchev–Trinajstić information content (AvgIpc) is 2.42. The minimum Gasteiger partial charge on any atom is -0.339 e. The Morgan fingerprint density at radius 1 is 1.06 bits per heavy atom. The molecule has 0 amide bonds. The zero-order valence-electron chi connectivity index (χ0n) is 9.34. The van der Waals surface area contributed by atoms with Crippen molar-refractivity contribution >= 4 is 44.9 Å². The lowest BCUT2D eigenvalue weighted by molar-refractivity contribution is 1.15. The van der Waals surface area contributed by atoms with Crippen LogP contribution in [0, 0.1) is 3.57 Å². The summed E-state index contributed by atoms with van der Waals surface area (Å²) in [4.78, 5) is 12.3.